The molecule has 5 heteroatoms. The van der Waals surface area contributed by atoms with Crippen molar-refractivity contribution in [1.82, 2.24) is 19.9 Å². The standard InChI is InChI=1S/C43H38N4O/c1-23-18-25(3)39(26(4)19-23)42-35-12-10-31(44-35)32-11-13-36(45-32)43(40-27(5)20-24(2)21-28(40)6)38-17-15-34(47-38)41(33-14-16-37(42)46-33)29-8-7-9-30(48)22-29/h7-22,44,46-48H,1-6H3. The van der Waals surface area contributed by atoms with E-state index in [9.17, 15) is 5.11 Å². The second-order valence-corrected chi connectivity index (χ2v) is 13.3. The number of hydrogen-bond donors (Lipinski definition) is 4. The minimum Gasteiger partial charge on any atom is -0.508 e. The van der Waals surface area contributed by atoms with E-state index < -0.39 is 0 Å². The van der Waals surface area contributed by atoms with Gasteiger partial charge in [-0.2, -0.15) is 0 Å². The number of aromatic amines is 3. The maximum atomic E-state index is 10.6. The van der Waals surface area contributed by atoms with Gasteiger partial charge in [-0.25, -0.2) is 4.98 Å². The van der Waals surface area contributed by atoms with E-state index in [1.165, 1.54) is 44.5 Å². The van der Waals surface area contributed by atoms with E-state index in [1.807, 2.05) is 18.2 Å². The van der Waals surface area contributed by atoms with Gasteiger partial charge < -0.3 is 20.1 Å². The predicted molar refractivity (Wildman–Crippen MR) is 202 cm³/mol. The summed E-state index contributed by atoms with van der Waals surface area (Å²) in [6, 6.07) is 29.4. The van der Waals surface area contributed by atoms with Crippen LogP contribution in [0.5, 0.6) is 5.75 Å². The molecule has 236 valence electrons. The van der Waals surface area contributed by atoms with E-state index in [-0.39, 0.29) is 5.75 Å². The van der Waals surface area contributed by atoms with Gasteiger partial charge in [0.15, 0.2) is 0 Å². The first-order chi connectivity index (χ1) is 23.1. The van der Waals surface area contributed by atoms with Gasteiger partial charge >= 0.3 is 0 Å². The van der Waals surface area contributed by atoms with Gasteiger partial charge in [0.2, 0.25) is 0 Å². The summed E-state index contributed by atoms with van der Waals surface area (Å²) in [4.78, 5) is 16.6. The van der Waals surface area contributed by atoms with Crippen LogP contribution >= 0.6 is 0 Å². The Kier molecular flexibility index (Phi) is 6.88. The van der Waals surface area contributed by atoms with Crippen molar-refractivity contribution >= 4 is 45.3 Å². The molecule has 4 N–H and O–H groups in total. The quantitative estimate of drug-likeness (QED) is 0.157. The van der Waals surface area contributed by atoms with Crippen molar-refractivity contribution in [1.29, 1.82) is 0 Å². The summed E-state index contributed by atoms with van der Waals surface area (Å²) in [6.07, 6.45) is 4.24. The Bertz CT molecular complexity index is 2540. The van der Waals surface area contributed by atoms with Crippen LogP contribution in [0.2, 0.25) is 0 Å². The average molecular weight is 627 g/mol. The van der Waals surface area contributed by atoms with Crippen molar-refractivity contribution in [2.24, 2.45) is 0 Å². The van der Waals surface area contributed by atoms with Gasteiger partial charge in [0.1, 0.15) is 5.75 Å². The number of fused-ring (bicyclic) bond motifs is 9. The lowest BCUT2D eigenvalue weighted by atomic mass is 9.92. The van der Waals surface area contributed by atoms with Gasteiger partial charge in [-0.15, -0.1) is 0 Å². The smallest absolute Gasteiger partial charge is 0.116 e. The van der Waals surface area contributed by atoms with Gasteiger partial charge in [0, 0.05) is 44.3 Å². The van der Waals surface area contributed by atoms with Crippen LogP contribution in [-0.4, -0.2) is 25.0 Å². The Balaban J connectivity index is 1.59. The SMILES string of the molecule is Cc1cc(C)c(-c2c3nc(c4ccc([nH]4)c(-c4c(C)cc(C)cc4C)c4ccc([nH]4)c(-c4cccc(O)c4)c4ccc2[nH]4)C=C3)c(C)c1. The summed E-state index contributed by atoms with van der Waals surface area (Å²) in [5.74, 6) is 0.221. The zero-order valence-electron chi connectivity index (χ0n) is 28.1. The zero-order valence-corrected chi connectivity index (χ0v) is 28.1. The lowest BCUT2D eigenvalue weighted by Crippen LogP contribution is -1.93. The maximum Gasteiger partial charge on any atom is 0.116 e. The van der Waals surface area contributed by atoms with E-state index in [4.69, 9.17) is 4.98 Å². The molecule has 0 saturated heterocycles. The molecule has 0 aliphatic carbocycles. The Morgan fingerprint density at radius 1 is 0.438 bits per heavy atom. The van der Waals surface area contributed by atoms with Crippen LogP contribution in [0.1, 0.15) is 44.8 Å². The number of phenolic OH excluding ortho intramolecular Hbond substituents is 1. The third-order valence-corrected chi connectivity index (χ3v) is 9.57. The molecule has 48 heavy (non-hydrogen) atoms. The van der Waals surface area contributed by atoms with E-state index in [0.29, 0.717) is 0 Å². The number of phenols is 1. The van der Waals surface area contributed by atoms with Crippen LogP contribution in [0.15, 0.2) is 84.9 Å². The first-order valence-corrected chi connectivity index (χ1v) is 16.4. The topological polar surface area (TPSA) is 80.5 Å². The highest BCUT2D eigenvalue weighted by molar-refractivity contribution is 6.01. The zero-order chi connectivity index (χ0) is 33.3. The van der Waals surface area contributed by atoms with Gasteiger partial charge in [0.05, 0.1) is 16.9 Å². The molecule has 4 aromatic heterocycles. The van der Waals surface area contributed by atoms with Gasteiger partial charge in [-0.1, -0.05) is 47.5 Å². The van der Waals surface area contributed by atoms with E-state index in [1.54, 1.807) is 6.07 Å². The van der Waals surface area contributed by atoms with Crippen LogP contribution < -0.4 is 0 Å². The second kappa shape index (κ2) is 11.2. The number of benzene rings is 3. The van der Waals surface area contributed by atoms with Gasteiger partial charge in [0.25, 0.3) is 0 Å². The number of aromatic hydroxyl groups is 1. The molecule has 0 radical (unpaired) electrons. The lowest BCUT2D eigenvalue weighted by molar-refractivity contribution is 0.475. The van der Waals surface area contributed by atoms with Crippen molar-refractivity contribution in [3.05, 3.63) is 130 Å². The van der Waals surface area contributed by atoms with Crippen molar-refractivity contribution in [2.75, 3.05) is 0 Å². The highest BCUT2D eigenvalue weighted by Gasteiger charge is 2.18. The molecule has 0 spiro atoms. The molecule has 5 heterocycles. The minimum atomic E-state index is 0.221. The fraction of sp³-hybridized carbons (Fsp3) is 0.140. The van der Waals surface area contributed by atoms with Crippen molar-refractivity contribution in [3.63, 3.8) is 0 Å². The number of H-pyrrole nitrogens is 3. The third kappa shape index (κ3) is 4.90. The summed E-state index contributed by atoms with van der Waals surface area (Å²) in [5.41, 5.74) is 21.4. The summed E-state index contributed by atoms with van der Waals surface area (Å²) < 4.78 is 0. The molecule has 3 aromatic carbocycles. The number of rotatable bonds is 3. The van der Waals surface area contributed by atoms with E-state index >= 15 is 0 Å². The molecule has 8 rings (SSSR count). The fourth-order valence-corrected chi connectivity index (χ4v) is 7.80. The number of hydrogen-bond acceptors (Lipinski definition) is 2. The molecule has 8 bridgehead atoms. The second-order valence-electron chi connectivity index (χ2n) is 13.3. The number of nitrogens with one attached hydrogen (secondary N) is 3. The number of nitrogens with zero attached hydrogens (tertiary/aromatic N) is 1. The summed E-state index contributed by atoms with van der Waals surface area (Å²) in [6.45, 7) is 13.0. The van der Waals surface area contributed by atoms with Crippen LogP contribution in [0, 0.1) is 41.5 Å². The number of aromatic nitrogens is 4. The summed E-state index contributed by atoms with van der Waals surface area (Å²) in [7, 11) is 0. The molecular weight excluding hydrogens is 589 g/mol. The van der Waals surface area contributed by atoms with Crippen molar-refractivity contribution in [3.8, 4) is 39.1 Å². The normalized spacial score (nSPS) is 12.0. The first kappa shape index (κ1) is 29.6. The van der Waals surface area contributed by atoms with E-state index in [2.05, 4.69) is 129 Å². The van der Waals surface area contributed by atoms with Crippen LogP contribution in [0.3, 0.4) is 0 Å². The monoisotopic (exact) mass is 626 g/mol. The minimum absolute atomic E-state index is 0.221. The Hall–Kier alpha value is -5.81. The molecule has 0 atom stereocenters. The fourth-order valence-electron chi connectivity index (χ4n) is 7.80. The lowest BCUT2D eigenvalue weighted by Gasteiger charge is -2.13. The Morgan fingerprint density at radius 2 is 0.875 bits per heavy atom. The van der Waals surface area contributed by atoms with Crippen molar-refractivity contribution < 1.29 is 5.11 Å². The highest BCUT2D eigenvalue weighted by atomic mass is 16.3. The Morgan fingerprint density at radius 3 is 1.42 bits per heavy atom. The predicted octanol–water partition coefficient (Wildman–Crippen LogP) is 11.3. The van der Waals surface area contributed by atoms with Crippen molar-refractivity contribution in [2.45, 2.75) is 41.5 Å². The van der Waals surface area contributed by atoms with Crippen LogP contribution in [-0.2, 0) is 0 Å². The molecule has 0 unspecified atom stereocenters. The number of aryl methyl sites for hydroxylation is 6. The van der Waals surface area contributed by atoms with Gasteiger partial charge in [-0.05, 0) is 141 Å². The highest BCUT2D eigenvalue weighted by Crippen LogP contribution is 2.39. The third-order valence-electron chi connectivity index (χ3n) is 9.57. The molecular formula is C43H38N4O. The van der Waals surface area contributed by atoms with Crippen LogP contribution in [0.25, 0.3) is 78.6 Å². The van der Waals surface area contributed by atoms with Gasteiger partial charge in [-0.3, -0.25) is 0 Å². The summed E-state index contributed by atoms with van der Waals surface area (Å²) in [5, 5.41) is 10.6. The maximum absolute atomic E-state index is 10.6. The molecule has 1 aliphatic rings. The molecule has 5 nitrogen and oxygen atoms in total. The van der Waals surface area contributed by atoms with E-state index in [0.717, 1.165) is 66.7 Å². The Labute approximate surface area is 280 Å². The molecule has 0 saturated carbocycles. The summed E-state index contributed by atoms with van der Waals surface area (Å²) >= 11 is 0. The molecule has 7 aromatic rings. The van der Waals surface area contributed by atoms with Crippen LogP contribution in [0.4, 0.5) is 0 Å². The molecule has 1 aliphatic heterocycles. The molecule has 0 fully saturated rings. The average Bonchev–Trinajstić information content (AvgIpc) is 3.84. The largest absolute Gasteiger partial charge is 0.508 e. The first-order valence-electron chi connectivity index (χ1n) is 16.4. The molecule has 0 amide bonds.